The van der Waals surface area contributed by atoms with Crippen molar-refractivity contribution >= 4 is 5.97 Å². The van der Waals surface area contributed by atoms with Crippen LogP contribution in [0.15, 0.2) is 30.3 Å². The van der Waals surface area contributed by atoms with E-state index in [9.17, 15) is 4.79 Å². The van der Waals surface area contributed by atoms with Gasteiger partial charge >= 0.3 is 5.97 Å². The number of carbonyl (C=O) groups is 1. The number of nitrogens with zero attached hydrogens (tertiary/aromatic N) is 2. The molecule has 130 valence electrons. The van der Waals surface area contributed by atoms with E-state index in [0.717, 1.165) is 29.8 Å². The summed E-state index contributed by atoms with van der Waals surface area (Å²) in [6.45, 7) is 8.19. The van der Waals surface area contributed by atoms with Crippen molar-refractivity contribution in [3.8, 4) is 0 Å². The molecule has 0 aliphatic heterocycles. The summed E-state index contributed by atoms with van der Waals surface area (Å²) in [6, 6.07) is 9.52. The van der Waals surface area contributed by atoms with Crippen molar-refractivity contribution in [2.45, 2.75) is 40.2 Å². The number of benzene rings is 1. The van der Waals surface area contributed by atoms with Crippen LogP contribution in [-0.4, -0.2) is 35.6 Å². The third-order valence-electron chi connectivity index (χ3n) is 3.70. The first kappa shape index (κ1) is 18.2. The molecule has 1 aromatic heterocycles. The summed E-state index contributed by atoms with van der Waals surface area (Å²) in [5, 5.41) is 4.45. The molecule has 0 aliphatic carbocycles. The number of aromatic nitrogens is 2. The van der Waals surface area contributed by atoms with Crippen LogP contribution in [0.3, 0.4) is 0 Å². The molecular formula is C19H26N2O3. The van der Waals surface area contributed by atoms with E-state index in [1.54, 1.807) is 6.07 Å². The van der Waals surface area contributed by atoms with Crippen LogP contribution in [-0.2, 0) is 16.0 Å². The second-order valence-electron chi connectivity index (χ2n) is 5.89. The minimum absolute atomic E-state index is 0.282. The van der Waals surface area contributed by atoms with Gasteiger partial charge in [-0.05, 0) is 44.0 Å². The summed E-state index contributed by atoms with van der Waals surface area (Å²) in [6.07, 6.45) is 2.13. The SMILES string of the molecule is CCCCOCCOC(=O)c1cccc(Cn2nc(C)cc2C)c1. The predicted molar refractivity (Wildman–Crippen MR) is 93.3 cm³/mol. The molecule has 5 heteroatoms. The molecule has 0 saturated heterocycles. The minimum Gasteiger partial charge on any atom is -0.460 e. The molecular weight excluding hydrogens is 304 g/mol. The fraction of sp³-hybridized carbons (Fsp3) is 0.474. The van der Waals surface area contributed by atoms with Gasteiger partial charge in [-0.1, -0.05) is 25.5 Å². The lowest BCUT2D eigenvalue weighted by atomic mass is 10.1. The van der Waals surface area contributed by atoms with Crippen LogP contribution in [0.5, 0.6) is 0 Å². The zero-order valence-electron chi connectivity index (χ0n) is 14.7. The fourth-order valence-corrected chi connectivity index (χ4v) is 2.43. The molecule has 2 rings (SSSR count). The van der Waals surface area contributed by atoms with Crippen molar-refractivity contribution < 1.29 is 14.3 Å². The van der Waals surface area contributed by atoms with Crippen LogP contribution in [0.1, 0.15) is 47.1 Å². The maximum atomic E-state index is 12.1. The van der Waals surface area contributed by atoms with Gasteiger partial charge in [0.15, 0.2) is 0 Å². The number of aryl methyl sites for hydroxylation is 2. The van der Waals surface area contributed by atoms with Crippen molar-refractivity contribution in [1.82, 2.24) is 9.78 Å². The average molecular weight is 330 g/mol. The highest BCUT2D eigenvalue weighted by Gasteiger charge is 2.09. The number of unbranched alkanes of at least 4 members (excludes halogenated alkanes) is 1. The Bertz CT molecular complexity index is 664. The van der Waals surface area contributed by atoms with Crippen molar-refractivity contribution in [2.24, 2.45) is 0 Å². The maximum Gasteiger partial charge on any atom is 0.338 e. The van der Waals surface area contributed by atoms with Gasteiger partial charge in [-0.3, -0.25) is 4.68 Å². The molecule has 0 aliphatic rings. The van der Waals surface area contributed by atoms with Gasteiger partial charge in [0.2, 0.25) is 0 Å². The molecule has 0 bridgehead atoms. The van der Waals surface area contributed by atoms with E-state index in [4.69, 9.17) is 9.47 Å². The second kappa shape index (κ2) is 9.23. The van der Waals surface area contributed by atoms with Crippen LogP contribution >= 0.6 is 0 Å². The Morgan fingerprint density at radius 2 is 2.00 bits per heavy atom. The van der Waals surface area contributed by atoms with Gasteiger partial charge in [0.05, 0.1) is 24.4 Å². The number of ether oxygens (including phenoxy) is 2. The highest BCUT2D eigenvalue weighted by atomic mass is 16.6. The summed E-state index contributed by atoms with van der Waals surface area (Å²) < 4.78 is 12.6. The Labute approximate surface area is 143 Å². The van der Waals surface area contributed by atoms with Gasteiger partial charge in [0.25, 0.3) is 0 Å². The van der Waals surface area contributed by atoms with Crippen molar-refractivity contribution in [1.29, 1.82) is 0 Å². The Balaban J connectivity index is 1.87. The van der Waals surface area contributed by atoms with Gasteiger partial charge in [-0.15, -0.1) is 0 Å². The molecule has 0 N–H and O–H groups in total. The molecule has 5 nitrogen and oxygen atoms in total. The third-order valence-corrected chi connectivity index (χ3v) is 3.70. The molecule has 0 saturated carbocycles. The maximum absolute atomic E-state index is 12.1. The number of carbonyl (C=O) groups excluding carboxylic acids is 1. The molecule has 24 heavy (non-hydrogen) atoms. The topological polar surface area (TPSA) is 53.4 Å². The standard InChI is InChI=1S/C19H26N2O3/c1-4-5-9-23-10-11-24-19(22)18-8-6-7-17(13-18)14-21-16(3)12-15(2)20-21/h6-8,12-13H,4-5,9-11,14H2,1-3H3. The lowest BCUT2D eigenvalue weighted by Crippen LogP contribution is -2.12. The molecule has 0 amide bonds. The van der Waals surface area contributed by atoms with Crippen molar-refractivity contribution in [3.05, 3.63) is 52.8 Å². The van der Waals surface area contributed by atoms with E-state index in [2.05, 4.69) is 12.0 Å². The first-order valence-electron chi connectivity index (χ1n) is 8.45. The Kier molecular flexibility index (Phi) is 7.00. The van der Waals surface area contributed by atoms with E-state index in [-0.39, 0.29) is 12.6 Å². The Hall–Kier alpha value is -2.14. The average Bonchev–Trinajstić information content (AvgIpc) is 2.88. The Morgan fingerprint density at radius 1 is 1.17 bits per heavy atom. The highest BCUT2D eigenvalue weighted by Crippen LogP contribution is 2.11. The molecule has 0 radical (unpaired) electrons. The van der Waals surface area contributed by atoms with Crippen molar-refractivity contribution in [2.75, 3.05) is 19.8 Å². The van der Waals surface area contributed by atoms with Crippen LogP contribution in [0.4, 0.5) is 0 Å². The van der Waals surface area contributed by atoms with Gasteiger partial charge in [-0.2, -0.15) is 5.10 Å². The van der Waals surface area contributed by atoms with Crippen LogP contribution in [0.2, 0.25) is 0 Å². The lowest BCUT2D eigenvalue weighted by Gasteiger charge is -2.08. The largest absolute Gasteiger partial charge is 0.460 e. The first-order chi connectivity index (χ1) is 11.6. The number of rotatable bonds is 9. The van der Waals surface area contributed by atoms with E-state index in [1.165, 1.54) is 0 Å². The van der Waals surface area contributed by atoms with E-state index < -0.39 is 0 Å². The normalized spacial score (nSPS) is 10.8. The van der Waals surface area contributed by atoms with Crippen LogP contribution in [0.25, 0.3) is 0 Å². The van der Waals surface area contributed by atoms with Crippen molar-refractivity contribution in [3.63, 3.8) is 0 Å². The number of hydrogen-bond donors (Lipinski definition) is 0. The lowest BCUT2D eigenvalue weighted by molar-refractivity contribution is 0.0313. The van der Waals surface area contributed by atoms with Gasteiger partial charge in [-0.25, -0.2) is 4.79 Å². The molecule has 2 aromatic rings. The molecule has 1 aromatic carbocycles. The fourth-order valence-electron chi connectivity index (χ4n) is 2.43. The highest BCUT2D eigenvalue weighted by molar-refractivity contribution is 5.89. The third kappa shape index (κ3) is 5.49. The molecule has 0 unspecified atom stereocenters. The summed E-state index contributed by atoms with van der Waals surface area (Å²) in [5.74, 6) is -0.315. The molecule has 0 spiro atoms. The summed E-state index contributed by atoms with van der Waals surface area (Å²) >= 11 is 0. The number of esters is 1. The zero-order valence-corrected chi connectivity index (χ0v) is 14.7. The smallest absolute Gasteiger partial charge is 0.338 e. The molecule has 0 fully saturated rings. The number of hydrogen-bond acceptors (Lipinski definition) is 4. The predicted octanol–water partition coefficient (Wildman–Crippen LogP) is 3.52. The monoisotopic (exact) mass is 330 g/mol. The van der Waals surface area contributed by atoms with Crippen LogP contribution in [0, 0.1) is 13.8 Å². The summed E-state index contributed by atoms with van der Waals surface area (Å²) in [7, 11) is 0. The summed E-state index contributed by atoms with van der Waals surface area (Å²) in [5.41, 5.74) is 3.67. The first-order valence-corrected chi connectivity index (χ1v) is 8.45. The van der Waals surface area contributed by atoms with E-state index in [0.29, 0.717) is 25.3 Å². The summed E-state index contributed by atoms with van der Waals surface area (Å²) in [4.78, 5) is 12.1. The van der Waals surface area contributed by atoms with Gasteiger partial charge in [0, 0.05) is 12.3 Å². The quantitative estimate of drug-likeness (QED) is 0.521. The van der Waals surface area contributed by atoms with Gasteiger partial charge < -0.3 is 9.47 Å². The minimum atomic E-state index is -0.315. The molecule has 0 atom stereocenters. The van der Waals surface area contributed by atoms with Crippen LogP contribution < -0.4 is 0 Å². The molecule has 1 heterocycles. The second-order valence-corrected chi connectivity index (χ2v) is 5.89. The zero-order chi connectivity index (χ0) is 17.4. The van der Waals surface area contributed by atoms with Gasteiger partial charge in [0.1, 0.15) is 6.61 Å². The Morgan fingerprint density at radius 3 is 2.71 bits per heavy atom. The van der Waals surface area contributed by atoms with E-state index >= 15 is 0 Å². The van der Waals surface area contributed by atoms with E-state index in [1.807, 2.05) is 42.8 Å².